The fourth-order valence-corrected chi connectivity index (χ4v) is 3.42. The highest BCUT2D eigenvalue weighted by Crippen LogP contribution is 2.20. The van der Waals surface area contributed by atoms with Crippen molar-refractivity contribution in [3.05, 3.63) is 29.8 Å². The summed E-state index contributed by atoms with van der Waals surface area (Å²) in [5.41, 5.74) is 0.950. The summed E-state index contributed by atoms with van der Waals surface area (Å²) in [5.74, 6) is -1.04. The van der Waals surface area contributed by atoms with Gasteiger partial charge in [0.05, 0.1) is 24.8 Å². The normalized spacial score (nSPS) is 19.1. The zero-order chi connectivity index (χ0) is 17.0. The van der Waals surface area contributed by atoms with Crippen LogP contribution in [-0.4, -0.2) is 51.1 Å². The standard InChI is InChI=1S/C15H20N2O5S/c1-22-15(19)11-5-7-13(8-6-11)16-14(18)12-4-3-9-17(10-12)23(2,20)21/h5-8,12H,3-4,9-10H2,1-2H3,(H,16,18)/t12-/m1/s1. The van der Waals surface area contributed by atoms with Gasteiger partial charge in [-0.1, -0.05) is 0 Å². The molecule has 126 valence electrons. The number of methoxy groups -OCH3 is 1. The van der Waals surface area contributed by atoms with Gasteiger partial charge in [0, 0.05) is 18.8 Å². The molecule has 1 fully saturated rings. The molecule has 1 amide bonds. The van der Waals surface area contributed by atoms with Crippen molar-refractivity contribution in [2.24, 2.45) is 5.92 Å². The molecule has 0 aliphatic carbocycles. The molecule has 0 aromatic heterocycles. The number of hydrogen-bond acceptors (Lipinski definition) is 5. The molecule has 1 saturated heterocycles. The second kappa shape index (κ2) is 7.10. The molecule has 7 nitrogen and oxygen atoms in total. The Kier molecular flexibility index (Phi) is 5.38. The van der Waals surface area contributed by atoms with Crippen LogP contribution >= 0.6 is 0 Å². The van der Waals surface area contributed by atoms with E-state index in [9.17, 15) is 18.0 Å². The van der Waals surface area contributed by atoms with E-state index in [0.717, 1.165) is 6.26 Å². The molecule has 1 N–H and O–H groups in total. The molecule has 0 unspecified atom stereocenters. The van der Waals surface area contributed by atoms with Crippen LogP contribution in [0.4, 0.5) is 5.69 Å². The lowest BCUT2D eigenvalue weighted by Crippen LogP contribution is -2.43. The Morgan fingerprint density at radius 1 is 1.26 bits per heavy atom. The summed E-state index contributed by atoms with van der Waals surface area (Å²) >= 11 is 0. The molecular weight excluding hydrogens is 320 g/mol. The fraction of sp³-hybridized carbons (Fsp3) is 0.467. The molecule has 1 aromatic carbocycles. The second-order valence-electron chi connectivity index (χ2n) is 5.52. The van der Waals surface area contributed by atoms with Crippen LogP contribution in [0.15, 0.2) is 24.3 Å². The molecule has 1 aromatic rings. The number of nitrogens with zero attached hydrogens (tertiary/aromatic N) is 1. The van der Waals surface area contributed by atoms with E-state index in [1.54, 1.807) is 24.3 Å². The summed E-state index contributed by atoms with van der Waals surface area (Å²) in [5, 5.41) is 2.76. The first-order valence-corrected chi connectivity index (χ1v) is 9.10. The molecule has 1 heterocycles. The van der Waals surface area contributed by atoms with E-state index in [-0.39, 0.29) is 18.4 Å². The van der Waals surface area contributed by atoms with E-state index in [0.29, 0.717) is 30.6 Å². The first-order valence-electron chi connectivity index (χ1n) is 7.25. The molecule has 23 heavy (non-hydrogen) atoms. The van der Waals surface area contributed by atoms with Gasteiger partial charge >= 0.3 is 5.97 Å². The van der Waals surface area contributed by atoms with Gasteiger partial charge in [0.25, 0.3) is 0 Å². The molecule has 1 aliphatic heterocycles. The minimum Gasteiger partial charge on any atom is -0.465 e. The lowest BCUT2D eigenvalue weighted by molar-refractivity contribution is -0.120. The quantitative estimate of drug-likeness (QED) is 0.828. The van der Waals surface area contributed by atoms with Crippen molar-refractivity contribution in [3.63, 3.8) is 0 Å². The highest BCUT2D eigenvalue weighted by molar-refractivity contribution is 7.88. The Hall–Kier alpha value is -1.93. The third kappa shape index (κ3) is 4.52. The van der Waals surface area contributed by atoms with E-state index in [2.05, 4.69) is 10.1 Å². The summed E-state index contributed by atoms with van der Waals surface area (Å²) in [7, 11) is -1.98. The summed E-state index contributed by atoms with van der Waals surface area (Å²) in [6.07, 6.45) is 2.46. The molecular formula is C15H20N2O5S. The van der Waals surface area contributed by atoms with Crippen molar-refractivity contribution < 1.29 is 22.7 Å². The van der Waals surface area contributed by atoms with Gasteiger partial charge in [0.1, 0.15) is 0 Å². The third-order valence-corrected chi connectivity index (χ3v) is 5.07. The number of nitrogens with one attached hydrogen (secondary N) is 1. The number of benzene rings is 1. The number of piperidine rings is 1. The minimum absolute atomic E-state index is 0.199. The molecule has 0 spiro atoms. The predicted octanol–water partition coefficient (Wildman–Crippen LogP) is 1.08. The Morgan fingerprint density at radius 3 is 2.48 bits per heavy atom. The molecule has 0 bridgehead atoms. The highest BCUT2D eigenvalue weighted by atomic mass is 32.2. The molecule has 0 radical (unpaired) electrons. The molecule has 1 atom stereocenters. The summed E-state index contributed by atoms with van der Waals surface area (Å²) in [6.45, 7) is 0.654. The minimum atomic E-state index is -3.28. The van der Waals surface area contributed by atoms with E-state index < -0.39 is 16.0 Å². The van der Waals surface area contributed by atoms with Crippen LogP contribution in [0.1, 0.15) is 23.2 Å². The Bertz CT molecular complexity index is 684. The van der Waals surface area contributed by atoms with Gasteiger partial charge in [0.2, 0.25) is 15.9 Å². The van der Waals surface area contributed by atoms with Gasteiger partial charge in [-0.05, 0) is 37.1 Å². The maximum atomic E-state index is 12.3. The summed E-state index contributed by atoms with van der Waals surface area (Å²) in [4.78, 5) is 23.6. The van der Waals surface area contributed by atoms with Crippen LogP contribution < -0.4 is 5.32 Å². The number of ether oxygens (including phenoxy) is 1. The number of amides is 1. The van der Waals surface area contributed by atoms with Crippen molar-refractivity contribution in [2.75, 3.05) is 31.8 Å². The van der Waals surface area contributed by atoms with Crippen molar-refractivity contribution in [2.45, 2.75) is 12.8 Å². The lowest BCUT2D eigenvalue weighted by atomic mass is 9.98. The van der Waals surface area contributed by atoms with Crippen molar-refractivity contribution in [3.8, 4) is 0 Å². The lowest BCUT2D eigenvalue weighted by Gasteiger charge is -2.30. The Labute approximate surface area is 135 Å². The zero-order valence-electron chi connectivity index (χ0n) is 13.1. The van der Waals surface area contributed by atoms with Gasteiger partial charge in [-0.3, -0.25) is 4.79 Å². The molecule has 8 heteroatoms. The van der Waals surface area contributed by atoms with Crippen LogP contribution in [0.3, 0.4) is 0 Å². The molecule has 0 saturated carbocycles. The van der Waals surface area contributed by atoms with E-state index in [1.165, 1.54) is 11.4 Å². The Morgan fingerprint density at radius 2 is 1.91 bits per heavy atom. The van der Waals surface area contributed by atoms with Crippen LogP contribution in [0.5, 0.6) is 0 Å². The average molecular weight is 340 g/mol. The summed E-state index contributed by atoms with van der Waals surface area (Å²) in [6, 6.07) is 6.35. The van der Waals surface area contributed by atoms with Gasteiger partial charge < -0.3 is 10.1 Å². The van der Waals surface area contributed by atoms with Crippen molar-refractivity contribution >= 4 is 27.6 Å². The van der Waals surface area contributed by atoms with Crippen LogP contribution in [0.2, 0.25) is 0 Å². The number of carbonyl (C=O) groups excluding carboxylic acids is 2. The highest BCUT2D eigenvalue weighted by Gasteiger charge is 2.30. The van der Waals surface area contributed by atoms with Crippen LogP contribution in [0.25, 0.3) is 0 Å². The van der Waals surface area contributed by atoms with Crippen LogP contribution in [0, 0.1) is 5.92 Å². The SMILES string of the molecule is COC(=O)c1ccc(NC(=O)[C@@H]2CCCN(S(C)(=O)=O)C2)cc1. The van der Waals surface area contributed by atoms with Crippen LogP contribution in [-0.2, 0) is 19.6 Å². The third-order valence-electron chi connectivity index (χ3n) is 3.80. The molecule has 1 aliphatic rings. The van der Waals surface area contributed by atoms with Gasteiger partial charge in [-0.2, -0.15) is 0 Å². The van der Waals surface area contributed by atoms with E-state index >= 15 is 0 Å². The Balaban J connectivity index is 2.00. The first-order chi connectivity index (χ1) is 10.8. The summed E-state index contributed by atoms with van der Waals surface area (Å²) < 4.78 is 29.1. The number of esters is 1. The fourth-order valence-electron chi connectivity index (χ4n) is 2.51. The van der Waals surface area contributed by atoms with Gasteiger partial charge in [-0.15, -0.1) is 0 Å². The largest absolute Gasteiger partial charge is 0.465 e. The topological polar surface area (TPSA) is 92.8 Å². The second-order valence-corrected chi connectivity index (χ2v) is 7.50. The number of anilines is 1. The average Bonchev–Trinajstić information content (AvgIpc) is 2.54. The smallest absolute Gasteiger partial charge is 0.337 e. The predicted molar refractivity (Wildman–Crippen MR) is 85.6 cm³/mol. The number of carbonyl (C=O) groups is 2. The van der Waals surface area contributed by atoms with E-state index in [4.69, 9.17) is 0 Å². The number of sulfonamides is 1. The maximum absolute atomic E-state index is 12.3. The first kappa shape index (κ1) is 17.4. The van der Waals surface area contributed by atoms with Crippen molar-refractivity contribution in [1.82, 2.24) is 4.31 Å². The monoisotopic (exact) mass is 340 g/mol. The van der Waals surface area contributed by atoms with Gasteiger partial charge in [-0.25, -0.2) is 17.5 Å². The van der Waals surface area contributed by atoms with E-state index in [1.807, 2.05) is 0 Å². The van der Waals surface area contributed by atoms with Gasteiger partial charge in [0.15, 0.2) is 0 Å². The van der Waals surface area contributed by atoms with Crippen molar-refractivity contribution in [1.29, 1.82) is 0 Å². The molecule has 2 rings (SSSR count). The number of rotatable bonds is 4. The maximum Gasteiger partial charge on any atom is 0.337 e. The zero-order valence-corrected chi connectivity index (χ0v) is 13.9. The number of hydrogen-bond donors (Lipinski definition) is 1.